The lowest BCUT2D eigenvalue weighted by atomic mass is 10.0. The van der Waals surface area contributed by atoms with Crippen LogP contribution in [0.1, 0.15) is 24.8 Å². The number of nitrogens with one attached hydrogen (secondary N) is 1. The zero-order valence-electron chi connectivity index (χ0n) is 11.3. The zero-order chi connectivity index (χ0) is 16.5. The molecule has 0 saturated heterocycles. The van der Waals surface area contributed by atoms with Crippen LogP contribution in [0.5, 0.6) is 0 Å². The summed E-state index contributed by atoms with van der Waals surface area (Å²) in [7, 11) is 0. The Balaban J connectivity index is 2.08. The van der Waals surface area contributed by atoms with E-state index in [-0.39, 0.29) is 12.1 Å². The van der Waals surface area contributed by atoms with Crippen molar-refractivity contribution in [1.82, 2.24) is 0 Å². The summed E-state index contributed by atoms with van der Waals surface area (Å²) in [6.45, 7) is 0. The third-order valence-electron chi connectivity index (χ3n) is 3.69. The van der Waals surface area contributed by atoms with Crippen molar-refractivity contribution >= 4 is 29.2 Å². The number of anilines is 1. The molecule has 1 aromatic carbocycles. The molecule has 0 heterocycles. The number of hydrogen-bond donors (Lipinski definition) is 2. The van der Waals surface area contributed by atoms with Gasteiger partial charge in [0.05, 0.1) is 16.5 Å². The largest absolute Gasteiger partial charge is 0.481 e. The Morgan fingerprint density at radius 2 is 1.86 bits per heavy atom. The summed E-state index contributed by atoms with van der Waals surface area (Å²) >= 11 is 5.50. The van der Waals surface area contributed by atoms with Gasteiger partial charge in [-0.15, -0.1) is 0 Å². The van der Waals surface area contributed by atoms with Crippen molar-refractivity contribution in [3.63, 3.8) is 0 Å². The molecule has 2 atom stereocenters. The van der Waals surface area contributed by atoms with Crippen LogP contribution < -0.4 is 5.32 Å². The molecule has 0 aromatic heterocycles. The number of carboxylic acid groups (broad SMARTS) is 1. The van der Waals surface area contributed by atoms with Crippen molar-refractivity contribution in [3.8, 4) is 0 Å². The Morgan fingerprint density at radius 3 is 2.41 bits per heavy atom. The molecule has 1 aromatic rings. The second-order valence-electron chi connectivity index (χ2n) is 5.23. The number of benzene rings is 1. The number of carboxylic acids is 1. The van der Waals surface area contributed by atoms with Crippen LogP contribution in [-0.4, -0.2) is 17.0 Å². The Morgan fingerprint density at radius 1 is 1.23 bits per heavy atom. The van der Waals surface area contributed by atoms with Gasteiger partial charge in [0.25, 0.3) is 0 Å². The average molecular weight is 336 g/mol. The van der Waals surface area contributed by atoms with Crippen LogP contribution in [0.15, 0.2) is 18.2 Å². The number of halogens is 4. The molecular formula is C14H13ClF3NO3. The van der Waals surface area contributed by atoms with E-state index in [1.807, 2.05) is 0 Å². The molecule has 1 fully saturated rings. The Hall–Kier alpha value is -1.76. The standard InChI is InChI=1S/C14H13ClF3NO3/c15-11-4-3-9(6-10(11)14(16,17)18)19-12(20)7-1-2-8(5-7)13(21)22/h3-4,6-8H,1-2,5H2,(H,19,20)(H,21,22)/t7-,8+/m0/s1. The lowest BCUT2D eigenvalue weighted by Gasteiger charge is -2.14. The number of amides is 1. The molecule has 2 N–H and O–H groups in total. The van der Waals surface area contributed by atoms with Gasteiger partial charge in [-0.25, -0.2) is 0 Å². The monoisotopic (exact) mass is 335 g/mol. The van der Waals surface area contributed by atoms with Gasteiger partial charge in [-0.1, -0.05) is 11.6 Å². The van der Waals surface area contributed by atoms with E-state index in [0.29, 0.717) is 12.8 Å². The van der Waals surface area contributed by atoms with Crippen LogP contribution in [0.25, 0.3) is 0 Å². The Kier molecular flexibility index (Phi) is 4.65. The molecule has 0 bridgehead atoms. The van der Waals surface area contributed by atoms with E-state index in [4.69, 9.17) is 16.7 Å². The molecule has 4 nitrogen and oxygen atoms in total. The highest BCUT2D eigenvalue weighted by atomic mass is 35.5. The molecule has 120 valence electrons. The van der Waals surface area contributed by atoms with E-state index in [0.717, 1.165) is 12.1 Å². The molecule has 8 heteroatoms. The van der Waals surface area contributed by atoms with Crippen LogP contribution in [0, 0.1) is 11.8 Å². The maximum absolute atomic E-state index is 12.7. The van der Waals surface area contributed by atoms with Gasteiger partial charge < -0.3 is 10.4 Å². The van der Waals surface area contributed by atoms with Crippen LogP contribution in [0.3, 0.4) is 0 Å². The maximum atomic E-state index is 12.7. The SMILES string of the molecule is O=C(O)[C@@H]1CC[C@H](C(=O)Nc2ccc(Cl)c(C(F)(F)F)c2)C1. The summed E-state index contributed by atoms with van der Waals surface area (Å²) < 4.78 is 38.2. The normalized spacial score (nSPS) is 21.6. The number of hydrogen-bond acceptors (Lipinski definition) is 2. The summed E-state index contributed by atoms with van der Waals surface area (Å²) in [5.74, 6) is -2.52. The van der Waals surface area contributed by atoms with Crippen molar-refractivity contribution in [1.29, 1.82) is 0 Å². The van der Waals surface area contributed by atoms with E-state index in [9.17, 15) is 22.8 Å². The molecule has 0 aliphatic heterocycles. The van der Waals surface area contributed by atoms with Gasteiger partial charge in [-0.2, -0.15) is 13.2 Å². The third-order valence-corrected chi connectivity index (χ3v) is 4.02. The lowest BCUT2D eigenvalue weighted by Crippen LogP contribution is -2.22. The molecule has 1 aliphatic carbocycles. The molecule has 1 amide bonds. The highest BCUT2D eigenvalue weighted by Gasteiger charge is 2.35. The number of carbonyl (C=O) groups excluding carboxylic acids is 1. The van der Waals surface area contributed by atoms with Crippen LogP contribution in [0.2, 0.25) is 5.02 Å². The van der Waals surface area contributed by atoms with E-state index in [2.05, 4.69) is 5.32 Å². The van der Waals surface area contributed by atoms with E-state index in [1.54, 1.807) is 0 Å². The van der Waals surface area contributed by atoms with E-state index >= 15 is 0 Å². The number of carbonyl (C=O) groups is 2. The number of alkyl halides is 3. The average Bonchev–Trinajstić information content (AvgIpc) is 2.89. The molecule has 1 saturated carbocycles. The molecule has 0 unspecified atom stereocenters. The highest BCUT2D eigenvalue weighted by molar-refractivity contribution is 6.31. The van der Waals surface area contributed by atoms with Crippen molar-refractivity contribution in [2.45, 2.75) is 25.4 Å². The molecule has 22 heavy (non-hydrogen) atoms. The summed E-state index contributed by atoms with van der Waals surface area (Å²) in [4.78, 5) is 22.9. The van der Waals surface area contributed by atoms with Crippen LogP contribution in [-0.2, 0) is 15.8 Å². The Labute approximate surface area is 129 Å². The summed E-state index contributed by atoms with van der Waals surface area (Å²) in [6, 6.07) is 3.11. The minimum atomic E-state index is -4.61. The first-order valence-electron chi connectivity index (χ1n) is 6.59. The number of aliphatic carboxylic acids is 1. The minimum Gasteiger partial charge on any atom is -0.481 e. The first-order chi connectivity index (χ1) is 10.2. The maximum Gasteiger partial charge on any atom is 0.417 e. The lowest BCUT2D eigenvalue weighted by molar-refractivity contribution is -0.141. The van der Waals surface area contributed by atoms with E-state index in [1.165, 1.54) is 6.07 Å². The highest BCUT2D eigenvalue weighted by Crippen LogP contribution is 2.37. The van der Waals surface area contributed by atoms with Crippen molar-refractivity contribution in [2.24, 2.45) is 11.8 Å². The molecule has 2 rings (SSSR count). The fourth-order valence-corrected chi connectivity index (χ4v) is 2.73. The summed E-state index contributed by atoms with van der Waals surface area (Å²) in [5.41, 5.74) is -1.04. The van der Waals surface area contributed by atoms with Crippen LogP contribution in [0.4, 0.5) is 18.9 Å². The van der Waals surface area contributed by atoms with Crippen molar-refractivity contribution in [2.75, 3.05) is 5.32 Å². The van der Waals surface area contributed by atoms with Gasteiger partial charge in [0, 0.05) is 11.6 Å². The van der Waals surface area contributed by atoms with Gasteiger partial charge in [0.2, 0.25) is 5.91 Å². The Bertz CT molecular complexity index is 603. The smallest absolute Gasteiger partial charge is 0.417 e. The van der Waals surface area contributed by atoms with E-state index < -0.39 is 40.5 Å². The molecular weight excluding hydrogens is 323 g/mol. The van der Waals surface area contributed by atoms with Gasteiger partial charge in [-0.05, 0) is 37.5 Å². The summed E-state index contributed by atoms with van der Waals surface area (Å²) in [6.07, 6.45) is -3.62. The van der Waals surface area contributed by atoms with Gasteiger partial charge in [0.15, 0.2) is 0 Å². The van der Waals surface area contributed by atoms with Gasteiger partial charge in [0.1, 0.15) is 0 Å². The van der Waals surface area contributed by atoms with Crippen LogP contribution >= 0.6 is 11.6 Å². The zero-order valence-corrected chi connectivity index (χ0v) is 12.0. The fourth-order valence-electron chi connectivity index (χ4n) is 2.51. The minimum absolute atomic E-state index is 0.0134. The van der Waals surface area contributed by atoms with Crippen molar-refractivity contribution < 1.29 is 27.9 Å². The molecule has 0 spiro atoms. The van der Waals surface area contributed by atoms with Crippen molar-refractivity contribution in [3.05, 3.63) is 28.8 Å². The molecule has 1 aliphatic rings. The van der Waals surface area contributed by atoms with Gasteiger partial charge >= 0.3 is 12.1 Å². The predicted octanol–water partition coefficient (Wildman–Crippen LogP) is 3.80. The quantitative estimate of drug-likeness (QED) is 0.883. The topological polar surface area (TPSA) is 66.4 Å². The number of rotatable bonds is 3. The second-order valence-corrected chi connectivity index (χ2v) is 5.63. The second kappa shape index (κ2) is 6.16. The third kappa shape index (κ3) is 3.71. The first-order valence-corrected chi connectivity index (χ1v) is 6.96. The van der Waals surface area contributed by atoms with Gasteiger partial charge in [-0.3, -0.25) is 9.59 Å². The first kappa shape index (κ1) is 16.6. The fraction of sp³-hybridized carbons (Fsp3) is 0.429. The predicted molar refractivity (Wildman–Crippen MR) is 73.6 cm³/mol. The summed E-state index contributed by atoms with van der Waals surface area (Å²) in [5, 5.41) is 10.8. The molecule has 0 radical (unpaired) electrons.